The van der Waals surface area contributed by atoms with Crippen LogP contribution in [0.5, 0.6) is 23.0 Å². The Morgan fingerprint density at radius 3 is 2.71 bits per heavy atom. The predicted octanol–water partition coefficient (Wildman–Crippen LogP) is 3.75. The van der Waals surface area contributed by atoms with Crippen molar-refractivity contribution in [2.24, 2.45) is 0 Å². The van der Waals surface area contributed by atoms with Gasteiger partial charge in [0, 0.05) is 18.4 Å². The van der Waals surface area contributed by atoms with Crippen molar-refractivity contribution in [2.75, 3.05) is 45.0 Å². The number of carbonyl (C=O) groups is 1. The zero-order valence-electron chi connectivity index (χ0n) is 15.8. The lowest BCUT2D eigenvalue weighted by atomic mass is 10.1. The van der Waals surface area contributed by atoms with Crippen LogP contribution >= 0.6 is 11.8 Å². The van der Waals surface area contributed by atoms with Gasteiger partial charge in [-0.3, -0.25) is 0 Å². The van der Waals surface area contributed by atoms with Gasteiger partial charge >= 0.3 is 6.03 Å². The Morgan fingerprint density at radius 2 is 1.93 bits per heavy atom. The predicted molar refractivity (Wildman–Crippen MR) is 108 cm³/mol. The van der Waals surface area contributed by atoms with Gasteiger partial charge in [-0.2, -0.15) is 0 Å². The molecule has 0 spiro atoms. The quantitative estimate of drug-likeness (QED) is 0.840. The first-order chi connectivity index (χ1) is 13.7. The van der Waals surface area contributed by atoms with E-state index < -0.39 is 0 Å². The van der Waals surface area contributed by atoms with Crippen LogP contribution in [0.3, 0.4) is 0 Å². The number of rotatable bonds is 4. The number of benzene rings is 2. The standard InChI is InChI=1S/C20H22N2O5S/c1-24-14-4-5-15(17(12-14)25-2)21-20(23)22-7-10-28-19(22)13-3-6-16-18(11-13)27-9-8-26-16/h3-6,11-12,19H,7-10H2,1-2H3,(H,21,23)/t19-/m0/s1. The highest BCUT2D eigenvalue weighted by atomic mass is 32.2. The molecule has 1 saturated heterocycles. The zero-order valence-corrected chi connectivity index (χ0v) is 16.6. The Bertz CT molecular complexity index is 876. The van der Waals surface area contributed by atoms with Crippen LogP contribution in [-0.2, 0) is 0 Å². The SMILES string of the molecule is COc1ccc(NC(=O)N2CCS[C@H]2c2ccc3c(c2)OCCO3)c(OC)c1. The van der Waals surface area contributed by atoms with Gasteiger partial charge in [-0.1, -0.05) is 6.07 Å². The molecule has 0 saturated carbocycles. The number of urea groups is 1. The Morgan fingerprint density at radius 1 is 1.11 bits per heavy atom. The summed E-state index contributed by atoms with van der Waals surface area (Å²) in [7, 11) is 3.15. The Hall–Kier alpha value is -2.74. The molecule has 2 aromatic carbocycles. The van der Waals surface area contributed by atoms with E-state index in [-0.39, 0.29) is 11.4 Å². The first kappa shape index (κ1) is 18.6. The van der Waals surface area contributed by atoms with E-state index in [9.17, 15) is 4.79 Å². The number of ether oxygens (including phenoxy) is 4. The lowest BCUT2D eigenvalue weighted by Crippen LogP contribution is -2.34. The summed E-state index contributed by atoms with van der Waals surface area (Å²) in [6.45, 7) is 1.76. The van der Waals surface area contributed by atoms with Gasteiger partial charge in [-0.05, 0) is 29.8 Å². The largest absolute Gasteiger partial charge is 0.497 e. The van der Waals surface area contributed by atoms with Gasteiger partial charge in [0.2, 0.25) is 0 Å². The van der Waals surface area contributed by atoms with E-state index in [1.807, 2.05) is 23.1 Å². The number of nitrogens with zero attached hydrogens (tertiary/aromatic N) is 1. The van der Waals surface area contributed by atoms with Crippen molar-refractivity contribution in [3.63, 3.8) is 0 Å². The lowest BCUT2D eigenvalue weighted by Gasteiger charge is -2.26. The number of thioether (sulfide) groups is 1. The molecule has 2 heterocycles. The second-order valence-electron chi connectivity index (χ2n) is 6.32. The van der Waals surface area contributed by atoms with Crippen molar-refractivity contribution in [1.29, 1.82) is 0 Å². The number of nitrogens with one attached hydrogen (secondary N) is 1. The van der Waals surface area contributed by atoms with Crippen molar-refractivity contribution >= 4 is 23.5 Å². The zero-order chi connectivity index (χ0) is 19.5. The molecular weight excluding hydrogens is 380 g/mol. The van der Waals surface area contributed by atoms with Crippen LogP contribution in [0, 0.1) is 0 Å². The Kier molecular flexibility index (Phi) is 5.38. The van der Waals surface area contributed by atoms with Gasteiger partial charge in [0.05, 0.1) is 19.9 Å². The van der Waals surface area contributed by atoms with Crippen LogP contribution in [-0.4, -0.2) is 50.7 Å². The molecule has 8 heteroatoms. The Balaban J connectivity index is 1.53. The van der Waals surface area contributed by atoms with E-state index in [0.717, 1.165) is 22.8 Å². The fraction of sp³-hybridized carbons (Fsp3) is 0.350. The van der Waals surface area contributed by atoms with Crippen LogP contribution in [0.15, 0.2) is 36.4 Å². The van der Waals surface area contributed by atoms with E-state index in [4.69, 9.17) is 18.9 Å². The maximum Gasteiger partial charge on any atom is 0.323 e. The van der Waals surface area contributed by atoms with Crippen molar-refractivity contribution in [3.8, 4) is 23.0 Å². The summed E-state index contributed by atoms with van der Waals surface area (Å²) in [6.07, 6.45) is 0. The molecule has 0 aromatic heterocycles. The van der Waals surface area contributed by atoms with Crippen molar-refractivity contribution in [1.82, 2.24) is 4.90 Å². The molecule has 2 aliphatic rings. The smallest absolute Gasteiger partial charge is 0.323 e. The van der Waals surface area contributed by atoms with Gasteiger partial charge in [0.1, 0.15) is 30.1 Å². The van der Waals surface area contributed by atoms with E-state index >= 15 is 0 Å². The molecule has 1 N–H and O–H groups in total. The highest BCUT2D eigenvalue weighted by Crippen LogP contribution is 2.42. The number of methoxy groups -OCH3 is 2. The minimum Gasteiger partial charge on any atom is -0.497 e. The third kappa shape index (κ3) is 3.64. The molecule has 1 atom stereocenters. The van der Waals surface area contributed by atoms with E-state index in [2.05, 4.69) is 5.32 Å². The summed E-state index contributed by atoms with van der Waals surface area (Å²) >= 11 is 1.73. The molecule has 148 valence electrons. The van der Waals surface area contributed by atoms with E-state index in [0.29, 0.717) is 36.9 Å². The average Bonchev–Trinajstić information content (AvgIpc) is 3.23. The molecule has 7 nitrogen and oxygen atoms in total. The fourth-order valence-corrected chi connectivity index (χ4v) is 4.50. The maximum atomic E-state index is 13.0. The first-order valence-electron chi connectivity index (χ1n) is 9.00. The van der Waals surface area contributed by atoms with Gasteiger partial charge in [-0.15, -0.1) is 11.8 Å². The topological polar surface area (TPSA) is 69.3 Å². The molecule has 0 aliphatic carbocycles. The normalized spacial score (nSPS) is 17.9. The number of hydrogen-bond donors (Lipinski definition) is 1. The number of fused-ring (bicyclic) bond motifs is 1. The van der Waals surface area contributed by atoms with Gasteiger partial charge in [0.15, 0.2) is 11.5 Å². The fourth-order valence-electron chi connectivity index (χ4n) is 3.26. The third-order valence-electron chi connectivity index (χ3n) is 4.65. The van der Waals surface area contributed by atoms with Crippen molar-refractivity contribution in [2.45, 2.75) is 5.37 Å². The van der Waals surface area contributed by atoms with E-state index in [1.54, 1.807) is 44.2 Å². The maximum absolute atomic E-state index is 13.0. The number of carbonyl (C=O) groups excluding carboxylic acids is 1. The lowest BCUT2D eigenvalue weighted by molar-refractivity contribution is 0.171. The van der Waals surface area contributed by atoms with E-state index in [1.165, 1.54) is 0 Å². The molecule has 0 radical (unpaired) electrons. The highest BCUT2D eigenvalue weighted by Gasteiger charge is 2.32. The van der Waals surface area contributed by atoms with Crippen molar-refractivity contribution in [3.05, 3.63) is 42.0 Å². The van der Waals surface area contributed by atoms with Crippen LogP contribution < -0.4 is 24.3 Å². The average molecular weight is 402 g/mol. The summed E-state index contributed by atoms with van der Waals surface area (Å²) < 4.78 is 21.9. The van der Waals surface area contributed by atoms with Crippen LogP contribution in [0.25, 0.3) is 0 Å². The monoisotopic (exact) mass is 402 g/mol. The minimum absolute atomic E-state index is 0.0833. The molecule has 28 heavy (non-hydrogen) atoms. The van der Waals surface area contributed by atoms with Crippen molar-refractivity contribution < 1.29 is 23.7 Å². The highest BCUT2D eigenvalue weighted by molar-refractivity contribution is 7.99. The second kappa shape index (κ2) is 8.10. The van der Waals surface area contributed by atoms with Crippen LogP contribution in [0.4, 0.5) is 10.5 Å². The first-order valence-corrected chi connectivity index (χ1v) is 10.1. The molecule has 2 aromatic rings. The Labute approximate surface area is 167 Å². The summed E-state index contributed by atoms with van der Waals surface area (Å²) in [6, 6.07) is 11.0. The molecule has 2 amide bonds. The molecular formula is C20H22N2O5S. The summed E-state index contributed by atoms with van der Waals surface area (Å²) in [5.41, 5.74) is 1.62. The molecule has 2 aliphatic heterocycles. The number of amides is 2. The molecule has 0 bridgehead atoms. The molecule has 4 rings (SSSR count). The number of anilines is 1. The van der Waals surface area contributed by atoms with Gasteiger partial charge < -0.3 is 29.2 Å². The summed E-state index contributed by atoms with van der Waals surface area (Å²) in [5.74, 6) is 3.56. The molecule has 1 fully saturated rings. The number of hydrogen-bond acceptors (Lipinski definition) is 6. The van der Waals surface area contributed by atoms with Crippen LogP contribution in [0.2, 0.25) is 0 Å². The van der Waals surface area contributed by atoms with Gasteiger partial charge in [-0.25, -0.2) is 4.79 Å². The second-order valence-corrected chi connectivity index (χ2v) is 7.50. The summed E-state index contributed by atoms with van der Waals surface area (Å²) in [4.78, 5) is 14.8. The van der Waals surface area contributed by atoms with Gasteiger partial charge in [0.25, 0.3) is 0 Å². The summed E-state index contributed by atoms with van der Waals surface area (Å²) in [5, 5.41) is 2.87. The molecule has 0 unspecified atom stereocenters. The van der Waals surface area contributed by atoms with Crippen LogP contribution in [0.1, 0.15) is 10.9 Å². The third-order valence-corrected chi connectivity index (χ3v) is 5.91. The minimum atomic E-state index is -0.173.